The largest absolute Gasteiger partial charge is 0.330 e. The zero-order valence-electron chi connectivity index (χ0n) is 7.05. The molecule has 0 aromatic carbocycles. The summed E-state index contributed by atoms with van der Waals surface area (Å²) in [6.45, 7) is 0.905. The van der Waals surface area contributed by atoms with Crippen LogP contribution in [-0.4, -0.2) is 6.54 Å². The van der Waals surface area contributed by atoms with Crippen molar-refractivity contribution in [3.63, 3.8) is 0 Å². The van der Waals surface area contributed by atoms with Crippen molar-refractivity contribution in [2.24, 2.45) is 17.1 Å². The van der Waals surface area contributed by atoms with E-state index in [-0.39, 0.29) is 0 Å². The maximum atomic E-state index is 5.85. The molecule has 1 heteroatoms. The fraction of sp³-hybridized carbons (Fsp3) is 0.800. The fourth-order valence-electron chi connectivity index (χ4n) is 2.33. The molecule has 62 valence electrons. The van der Waals surface area contributed by atoms with Gasteiger partial charge < -0.3 is 5.73 Å². The smallest absolute Gasteiger partial charge is 0.00148 e. The van der Waals surface area contributed by atoms with E-state index in [1.807, 2.05) is 0 Å². The molecule has 1 nitrogen and oxygen atoms in total. The van der Waals surface area contributed by atoms with Crippen LogP contribution >= 0.6 is 0 Å². The highest BCUT2D eigenvalue weighted by Gasteiger charge is 2.43. The number of hydrogen-bond acceptors (Lipinski definition) is 1. The topological polar surface area (TPSA) is 26.0 Å². The lowest BCUT2D eigenvalue weighted by atomic mass is 9.73. The molecule has 2 rings (SSSR count). The Morgan fingerprint density at radius 2 is 2.18 bits per heavy atom. The monoisotopic (exact) mass is 151 g/mol. The van der Waals surface area contributed by atoms with Gasteiger partial charge in [-0.25, -0.2) is 0 Å². The molecule has 2 aliphatic carbocycles. The van der Waals surface area contributed by atoms with Gasteiger partial charge >= 0.3 is 0 Å². The van der Waals surface area contributed by atoms with Crippen molar-refractivity contribution in [1.29, 1.82) is 0 Å². The summed E-state index contributed by atoms with van der Waals surface area (Å²) >= 11 is 0. The predicted molar refractivity (Wildman–Crippen MR) is 47.2 cm³/mol. The number of nitrogens with two attached hydrogens (primary N) is 1. The molecule has 0 aliphatic heterocycles. The molecular formula is C10H17N. The SMILES string of the molecule is NCC1(C2CC2)CC=CCC1. The Morgan fingerprint density at radius 3 is 2.64 bits per heavy atom. The van der Waals surface area contributed by atoms with E-state index in [0.717, 1.165) is 12.5 Å². The van der Waals surface area contributed by atoms with Crippen LogP contribution in [0.25, 0.3) is 0 Å². The zero-order valence-corrected chi connectivity index (χ0v) is 7.05. The molecule has 2 aliphatic rings. The number of allylic oxidation sites excluding steroid dienone is 2. The van der Waals surface area contributed by atoms with Gasteiger partial charge in [-0.15, -0.1) is 0 Å². The first-order chi connectivity index (χ1) is 5.37. The van der Waals surface area contributed by atoms with Gasteiger partial charge in [0.15, 0.2) is 0 Å². The molecular weight excluding hydrogens is 134 g/mol. The van der Waals surface area contributed by atoms with E-state index in [1.54, 1.807) is 0 Å². The van der Waals surface area contributed by atoms with Crippen LogP contribution in [0.3, 0.4) is 0 Å². The lowest BCUT2D eigenvalue weighted by Crippen LogP contribution is -2.33. The fourth-order valence-corrected chi connectivity index (χ4v) is 2.33. The van der Waals surface area contributed by atoms with Crippen LogP contribution in [0, 0.1) is 11.3 Å². The van der Waals surface area contributed by atoms with Gasteiger partial charge in [-0.05, 0) is 50.0 Å². The first-order valence-electron chi connectivity index (χ1n) is 4.72. The highest BCUT2D eigenvalue weighted by Crippen LogP contribution is 2.51. The Hall–Kier alpha value is -0.300. The average Bonchev–Trinajstić information content (AvgIpc) is 2.88. The third kappa shape index (κ3) is 1.22. The Kier molecular flexibility index (Phi) is 1.76. The van der Waals surface area contributed by atoms with Gasteiger partial charge in [0.25, 0.3) is 0 Å². The third-order valence-corrected chi connectivity index (χ3v) is 3.35. The molecule has 2 N–H and O–H groups in total. The third-order valence-electron chi connectivity index (χ3n) is 3.35. The van der Waals surface area contributed by atoms with Gasteiger partial charge in [0, 0.05) is 0 Å². The van der Waals surface area contributed by atoms with Crippen LogP contribution < -0.4 is 5.73 Å². The quantitative estimate of drug-likeness (QED) is 0.601. The van der Waals surface area contributed by atoms with Crippen LogP contribution in [0.1, 0.15) is 32.1 Å². The maximum Gasteiger partial charge on any atom is -0.00148 e. The minimum atomic E-state index is 0.523. The van der Waals surface area contributed by atoms with Crippen molar-refractivity contribution in [3.8, 4) is 0 Å². The summed E-state index contributed by atoms with van der Waals surface area (Å²) in [5.41, 5.74) is 6.37. The predicted octanol–water partition coefficient (Wildman–Crippen LogP) is 2.08. The molecule has 0 aromatic rings. The lowest BCUT2D eigenvalue weighted by Gasteiger charge is -2.33. The summed E-state index contributed by atoms with van der Waals surface area (Å²) in [6, 6.07) is 0. The van der Waals surface area contributed by atoms with Crippen molar-refractivity contribution in [3.05, 3.63) is 12.2 Å². The van der Waals surface area contributed by atoms with Gasteiger partial charge in [-0.3, -0.25) is 0 Å². The molecule has 1 fully saturated rings. The summed E-state index contributed by atoms with van der Waals surface area (Å²) in [4.78, 5) is 0. The molecule has 0 spiro atoms. The molecule has 0 amide bonds. The Bertz CT molecular complexity index is 170. The van der Waals surface area contributed by atoms with E-state index < -0.39 is 0 Å². The van der Waals surface area contributed by atoms with E-state index in [9.17, 15) is 0 Å². The number of hydrogen-bond donors (Lipinski definition) is 1. The molecule has 0 aromatic heterocycles. The molecule has 0 heterocycles. The summed E-state index contributed by atoms with van der Waals surface area (Å²) in [7, 11) is 0. The standard InChI is InChI=1S/C10H17N/c11-8-10(9-4-5-9)6-2-1-3-7-10/h1-2,9H,3-8,11H2. The summed E-state index contributed by atoms with van der Waals surface area (Å²) < 4.78 is 0. The molecule has 1 unspecified atom stereocenters. The highest BCUT2D eigenvalue weighted by atomic mass is 14.6. The molecule has 1 saturated carbocycles. The molecule has 11 heavy (non-hydrogen) atoms. The van der Waals surface area contributed by atoms with Gasteiger partial charge in [0.2, 0.25) is 0 Å². The van der Waals surface area contributed by atoms with E-state index in [0.29, 0.717) is 5.41 Å². The molecule has 0 bridgehead atoms. The van der Waals surface area contributed by atoms with E-state index in [4.69, 9.17) is 5.73 Å². The van der Waals surface area contributed by atoms with Crippen molar-refractivity contribution in [2.45, 2.75) is 32.1 Å². The Labute approximate surface area is 68.7 Å². The van der Waals surface area contributed by atoms with Gasteiger partial charge in [0.1, 0.15) is 0 Å². The van der Waals surface area contributed by atoms with Crippen LogP contribution in [0.15, 0.2) is 12.2 Å². The van der Waals surface area contributed by atoms with Crippen LogP contribution in [0.2, 0.25) is 0 Å². The van der Waals surface area contributed by atoms with Crippen LogP contribution in [0.5, 0.6) is 0 Å². The Balaban J connectivity index is 2.08. The van der Waals surface area contributed by atoms with Crippen molar-refractivity contribution < 1.29 is 0 Å². The van der Waals surface area contributed by atoms with Gasteiger partial charge in [0.05, 0.1) is 0 Å². The normalized spacial score (nSPS) is 37.5. The van der Waals surface area contributed by atoms with E-state index >= 15 is 0 Å². The minimum absolute atomic E-state index is 0.523. The zero-order chi connectivity index (χ0) is 7.73. The summed E-state index contributed by atoms with van der Waals surface area (Å²) in [6.07, 6.45) is 11.3. The minimum Gasteiger partial charge on any atom is -0.330 e. The maximum absolute atomic E-state index is 5.85. The van der Waals surface area contributed by atoms with E-state index in [1.165, 1.54) is 32.1 Å². The van der Waals surface area contributed by atoms with Crippen molar-refractivity contribution in [1.82, 2.24) is 0 Å². The van der Waals surface area contributed by atoms with Crippen molar-refractivity contribution in [2.75, 3.05) is 6.54 Å². The van der Waals surface area contributed by atoms with Crippen LogP contribution in [-0.2, 0) is 0 Å². The second kappa shape index (κ2) is 2.63. The first-order valence-corrected chi connectivity index (χ1v) is 4.72. The molecule has 1 atom stereocenters. The second-order valence-corrected chi connectivity index (χ2v) is 4.05. The summed E-state index contributed by atoms with van der Waals surface area (Å²) in [5, 5.41) is 0. The lowest BCUT2D eigenvalue weighted by molar-refractivity contribution is 0.224. The first kappa shape index (κ1) is 7.35. The number of rotatable bonds is 2. The molecule has 0 saturated heterocycles. The van der Waals surface area contributed by atoms with Gasteiger partial charge in [-0.1, -0.05) is 12.2 Å². The highest BCUT2D eigenvalue weighted by molar-refractivity contribution is 5.04. The Morgan fingerprint density at radius 1 is 1.36 bits per heavy atom. The van der Waals surface area contributed by atoms with Crippen LogP contribution in [0.4, 0.5) is 0 Å². The average molecular weight is 151 g/mol. The summed E-state index contributed by atoms with van der Waals surface area (Å²) in [5.74, 6) is 0.970. The second-order valence-electron chi connectivity index (χ2n) is 4.05. The van der Waals surface area contributed by atoms with E-state index in [2.05, 4.69) is 12.2 Å². The van der Waals surface area contributed by atoms with Crippen molar-refractivity contribution >= 4 is 0 Å². The molecule has 0 radical (unpaired) electrons. The van der Waals surface area contributed by atoms with Gasteiger partial charge in [-0.2, -0.15) is 0 Å².